The molecule has 122 valence electrons. The summed E-state index contributed by atoms with van der Waals surface area (Å²) in [5, 5.41) is 3.81. The van der Waals surface area contributed by atoms with Gasteiger partial charge in [-0.3, -0.25) is 4.79 Å². The van der Waals surface area contributed by atoms with Crippen molar-refractivity contribution in [1.82, 2.24) is 5.32 Å². The molecule has 2 aromatic rings. The van der Waals surface area contributed by atoms with E-state index >= 15 is 0 Å². The number of methoxy groups -OCH3 is 1. The van der Waals surface area contributed by atoms with Crippen molar-refractivity contribution < 1.29 is 14.3 Å². The van der Waals surface area contributed by atoms with E-state index in [9.17, 15) is 4.79 Å². The molecule has 0 aliphatic heterocycles. The van der Waals surface area contributed by atoms with E-state index in [1.807, 2.05) is 24.3 Å². The molecule has 0 aromatic heterocycles. The van der Waals surface area contributed by atoms with Gasteiger partial charge in [0.15, 0.2) is 11.5 Å². The summed E-state index contributed by atoms with van der Waals surface area (Å²) in [6.45, 7) is 0.739. The van der Waals surface area contributed by atoms with Crippen LogP contribution in [-0.4, -0.2) is 26.2 Å². The maximum Gasteiger partial charge on any atom is 0.224 e. The van der Waals surface area contributed by atoms with Gasteiger partial charge in [0.25, 0.3) is 0 Å². The third-order valence-electron chi connectivity index (χ3n) is 3.12. The van der Waals surface area contributed by atoms with Crippen LogP contribution in [0.5, 0.6) is 11.5 Å². The summed E-state index contributed by atoms with van der Waals surface area (Å²) in [6.07, 6.45) is 0.199. The Kier molecular flexibility index (Phi) is 6.56. The number of rotatable bonds is 7. The van der Waals surface area contributed by atoms with Gasteiger partial charge in [0.1, 0.15) is 6.61 Å². The standard InChI is InChI=1S/C17H17Cl2NO3/c1-22-15-4-2-3-5-16(15)23-9-8-20-17(21)10-12-6-7-13(18)11-14(12)19/h2-7,11H,8-10H2,1H3,(H,20,21). The second-order valence-electron chi connectivity index (χ2n) is 4.76. The Hall–Kier alpha value is -1.91. The zero-order chi connectivity index (χ0) is 16.7. The number of ether oxygens (including phenoxy) is 2. The molecular formula is C17H17Cl2NO3. The van der Waals surface area contributed by atoms with Gasteiger partial charge < -0.3 is 14.8 Å². The summed E-state index contributed by atoms with van der Waals surface area (Å²) in [6, 6.07) is 12.4. The van der Waals surface area contributed by atoms with Gasteiger partial charge in [-0.25, -0.2) is 0 Å². The Balaban J connectivity index is 1.76. The predicted octanol–water partition coefficient (Wildman–Crippen LogP) is 3.74. The lowest BCUT2D eigenvalue weighted by Crippen LogP contribution is -2.29. The van der Waals surface area contributed by atoms with Gasteiger partial charge in [0.05, 0.1) is 20.1 Å². The highest BCUT2D eigenvalue weighted by Gasteiger charge is 2.08. The molecule has 0 fully saturated rings. The van der Waals surface area contributed by atoms with Crippen molar-refractivity contribution >= 4 is 29.1 Å². The molecule has 0 aliphatic rings. The van der Waals surface area contributed by atoms with Gasteiger partial charge in [0, 0.05) is 10.0 Å². The first kappa shape index (κ1) is 17.4. The lowest BCUT2D eigenvalue weighted by atomic mass is 10.1. The van der Waals surface area contributed by atoms with Crippen LogP contribution in [0, 0.1) is 0 Å². The van der Waals surface area contributed by atoms with E-state index in [0.29, 0.717) is 34.7 Å². The monoisotopic (exact) mass is 353 g/mol. The van der Waals surface area contributed by atoms with Gasteiger partial charge in [-0.2, -0.15) is 0 Å². The highest BCUT2D eigenvalue weighted by molar-refractivity contribution is 6.35. The SMILES string of the molecule is COc1ccccc1OCCNC(=O)Cc1ccc(Cl)cc1Cl. The molecule has 0 bridgehead atoms. The zero-order valence-corrected chi connectivity index (χ0v) is 14.2. The van der Waals surface area contributed by atoms with Crippen molar-refractivity contribution in [2.75, 3.05) is 20.3 Å². The van der Waals surface area contributed by atoms with Crippen LogP contribution in [0.25, 0.3) is 0 Å². The Labute approximate surface area is 145 Å². The number of nitrogens with one attached hydrogen (secondary N) is 1. The number of benzene rings is 2. The number of hydrogen-bond donors (Lipinski definition) is 1. The minimum atomic E-state index is -0.127. The topological polar surface area (TPSA) is 47.6 Å². The van der Waals surface area contributed by atoms with Crippen molar-refractivity contribution in [2.45, 2.75) is 6.42 Å². The maximum absolute atomic E-state index is 11.9. The van der Waals surface area contributed by atoms with E-state index in [1.165, 1.54) is 0 Å². The number of hydrogen-bond acceptors (Lipinski definition) is 3. The van der Waals surface area contributed by atoms with Crippen molar-refractivity contribution in [3.63, 3.8) is 0 Å². The summed E-state index contributed by atoms with van der Waals surface area (Å²) in [4.78, 5) is 11.9. The molecule has 2 rings (SSSR count). The van der Waals surface area contributed by atoms with Crippen LogP contribution in [-0.2, 0) is 11.2 Å². The average Bonchev–Trinajstić information content (AvgIpc) is 2.54. The van der Waals surface area contributed by atoms with Gasteiger partial charge in [-0.05, 0) is 29.8 Å². The van der Waals surface area contributed by atoms with E-state index < -0.39 is 0 Å². The molecule has 1 amide bonds. The normalized spacial score (nSPS) is 10.2. The Morgan fingerprint density at radius 2 is 1.87 bits per heavy atom. The molecule has 23 heavy (non-hydrogen) atoms. The summed E-state index contributed by atoms with van der Waals surface area (Å²) in [7, 11) is 1.58. The minimum absolute atomic E-state index is 0.127. The second kappa shape index (κ2) is 8.65. The van der Waals surface area contributed by atoms with E-state index in [-0.39, 0.29) is 12.3 Å². The third kappa shape index (κ3) is 5.34. The van der Waals surface area contributed by atoms with E-state index in [4.69, 9.17) is 32.7 Å². The summed E-state index contributed by atoms with van der Waals surface area (Å²) in [5.41, 5.74) is 0.735. The molecule has 0 aliphatic carbocycles. The van der Waals surface area contributed by atoms with Crippen LogP contribution in [0.15, 0.2) is 42.5 Å². The molecule has 0 atom stereocenters. The van der Waals surface area contributed by atoms with Crippen LogP contribution < -0.4 is 14.8 Å². The van der Waals surface area contributed by atoms with E-state index in [2.05, 4.69) is 5.32 Å². The summed E-state index contributed by atoms with van der Waals surface area (Å²) < 4.78 is 10.8. The summed E-state index contributed by atoms with van der Waals surface area (Å²) >= 11 is 11.9. The Morgan fingerprint density at radius 3 is 2.57 bits per heavy atom. The maximum atomic E-state index is 11.9. The molecule has 1 N–H and O–H groups in total. The number of halogens is 2. The molecular weight excluding hydrogens is 337 g/mol. The third-order valence-corrected chi connectivity index (χ3v) is 3.70. The van der Waals surface area contributed by atoms with Crippen LogP contribution in [0.3, 0.4) is 0 Å². The minimum Gasteiger partial charge on any atom is -0.493 e. The van der Waals surface area contributed by atoms with Crippen LogP contribution in [0.4, 0.5) is 0 Å². The molecule has 0 spiro atoms. The Bertz CT molecular complexity index is 677. The molecule has 0 radical (unpaired) electrons. The van der Waals surface area contributed by atoms with Gasteiger partial charge >= 0.3 is 0 Å². The fraction of sp³-hybridized carbons (Fsp3) is 0.235. The van der Waals surface area contributed by atoms with E-state index in [1.54, 1.807) is 25.3 Å². The largest absolute Gasteiger partial charge is 0.493 e. The van der Waals surface area contributed by atoms with Crippen molar-refractivity contribution in [1.29, 1.82) is 0 Å². The van der Waals surface area contributed by atoms with Gasteiger partial charge in [-0.1, -0.05) is 41.4 Å². The fourth-order valence-electron chi connectivity index (χ4n) is 1.99. The highest BCUT2D eigenvalue weighted by Crippen LogP contribution is 2.25. The molecule has 4 nitrogen and oxygen atoms in total. The number of carbonyl (C=O) groups is 1. The number of amides is 1. The highest BCUT2D eigenvalue weighted by atomic mass is 35.5. The van der Waals surface area contributed by atoms with Crippen LogP contribution in [0.2, 0.25) is 10.0 Å². The smallest absolute Gasteiger partial charge is 0.224 e. The van der Waals surface area contributed by atoms with Crippen molar-refractivity contribution in [3.05, 3.63) is 58.1 Å². The van der Waals surface area contributed by atoms with Gasteiger partial charge in [0.2, 0.25) is 5.91 Å². The molecule has 6 heteroatoms. The first-order chi connectivity index (χ1) is 11.1. The number of carbonyl (C=O) groups excluding carboxylic acids is 1. The van der Waals surface area contributed by atoms with Crippen LogP contribution >= 0.6 is 23.2 Å². The second-order valence-corrected chi connectivity index (χ2v) is 5.61. The molecule has 0 saturated carbocycles. The predicted molar refractivity (Wildman–Crippen MR) is 91.7 cm³/mol. The quantitative estimate of drug-likeness (QED) is 0.771. The zero-order valence-electron chi connectivity index (χ0n) is 12.6. The van der Waals surface area contributed by atoms with Crippen molar-refractivity contribution in [3.8, 4) is 11.5 Å². The fourth-order valence-corrected chi connectivity index (χ4v) is 2.47. The molecule has 2 aromatic carbocycles. The first-order valence-electron chi connectivity index (χ1n) is 7.06. The summed E-state index contributed by atoms with van der Waals surface area (Å²) in [5.74, 6) is 1.18. The van der Waals surface area contributed by atoms with E-state index in [0.717, 1.165) is 5.56 Å². The van der Waals surface area contributed by atoms with Gasteiger partial charge in [-0.15, -0.1) is 0 Å². The first-order valence-corrected chi connectivity index (χ1v) is 7.82. The molecule has 0 saturated heterocycles. The Morgan fingerprint density at radius 1 is 1.13 bits per heavy atom. The molecule has 0 heterocycles. The number of para-hydroxylation sites is 2. The average molecular weight is 354 g/mol. The lowest BCUT2D eigenvalue weighted by Gasteiger charge is -2.11. The molecule has 0 unspecified atom stereocenters. The lowest BCUT2D eigenvalue weighted by molar-refractivity contribution is -0.120. The van der Waals surface area contributed by atoms with Crippen LogP contribution in [0.1, 0.15) is 5.56 Å². The van der Waals surface area contributed by atoms with Crippen molar-refractivity contribution in [2.24, 2.45) is 0 Å².